The van der Waals surface area contributed by atoms with Crippen molar-refractivity contribution in [1.82, 2.24) is 10.6 Å². The van der Waals surface area contributed by atoms with Crippen LogP contribution in [0.5, 0.6) is 0 Å². The van der Waals surface area contributed by atoms with E-state index < -0.39 is 0 Å². The van der Waals surface area contributed by atoms with E-state index in [0.717, 1.165) is 45.6 Å². The lowest BCUT2D eigenvalue weighted by Crippen LogP contribution is -2.47. The Kier molecular flexibility index (Phi) is 7.15. The van der Waals surface area contributed by atoms with Gasteiger partial charge in [0.2, 0.25) is 0 Å². The van der Waals surface area contributed by atoms with Gasteiger partial charge in [0.05, 0.1) is 13.2 Å². The first-order valence-electron chi connectivity index (χ1n) is 7.31. The van der Waals surface area contributed by atoms with E-state index in [1.807, 2.05) is 0 Å². The highest BCUT2D eigenvalue weighted by atomic mass is 16.5. The van der Waals surface area contributed by atoms with E-state index in [-0.39, 0.29) is 12.0 Å². The molecule has 0 saturated carbocycles. The number of aliphatic hydroxyl groups excluding tert-OH is 1. The third-order valence-corrected chi connectivity index (χ3v) is 4.30. The average molecular weight is 258 g/mol. The van der Waals surface area contributed by atoms with Gasteiger partial charge in [-0.25, -0.2) is 0 Å². The van der Waals surface area contributed by atoms with Crippen LogP contribution in [-0.2, 0) is 4.74 Å². The summed E-state index contributed by atoms with van der Waals surface area (Å²) < 4.78 is 5.46. The van der Waals surface area contributed by atoms with Crippen LogP contribution >= 0.6 is 0 Å². The summed E-state index contributed by atoms with van der Waals surface area (Å²) in [5.41, 5.74) is 0.0464. The Morgan fingerprint density at radius 1 is 1.44 bits per heavy atom. The molecule has 1 fully saturated rings. The van der Waals surface area contributed by atoms with E-state index in [2.05, 4.69) is 31.4 Å². The highest BCUT2D eigenvalue weighted by Crippen LogP contribution is 2.24. The standard InChI is InChI=1S/C14H30N2O2/c1-4-14(5-2,11-17)10-16-12(3)8-13-9-18-7-6-15-13/h12-13,15-17H,4-11H2,1-3H3. The minimum Gasteiger partial charge on any atom is -0.396 e. The molecule has 0 aromatic heterocycles. The molecule has 1 heterocycles. The molecular formula is C14H30N2O2. The largest absolute Gasteiger partial charge is 0.396 e. The summed E-state index contributed by atoms with van der Waals surface area (Å²) >= 11 is 0. The minimum atomic E-state index is 0.0464. The quantitative estimate of drug-likeness (QED) is 0.611. The van der Waals surface area contributed by atoms with E-state index in [4.69, 9.17) is 4.74 Å². The van der Waals surface area contributed by atoms with Crippen molar-refractivity contribution in [3.05, 3.63) is 0 Å². The molecule has 2 atom stereocenters. The lowest BCUT2D eigenvalue weighted by molar-refractivity contribution is 0.0688. The lowest BCUT2D eigenvalue weighted by atomic mass is 9.83. The first-order valence-corrected chi connectivity index (χ1v) is 7.31. The van der Waals surface area contributed by atoms with Crippen molar-refractivity contribution in [3.8, 4) is 0 Å². The van der Waals surface area contributed by atoms with Crippen LogP contribution in [0.25, 0.3) is 0 Å². The van der Waals surface area contributed by atoms with E-state index >= 15 is 0 Å². The molecule has 108 valence electrons. The molecule has 0 spiro atoms. The van der Waals surface area contributed by atoms with Crippen LogP contribution in [0.15, 0.2) is 0 Å². The van der Waals surface area contributed by atoms with Gasteiger partial charge >= 0.3 is 0 Å². The molecule has 3 N–H and O–H groups in total. The van der Waals surface area contributed by atoms with E-state index in [1.54, 1.807) is 0 Å². The van der Waals surface area contributed by atoms with Crippen LogP contribution in [-0.4, -0.2) is 50.1 Å². The predicted octanol–water partition coefficient (Wildman–Crippen LogP) is 1.14. The summed E-state index contributed by atoms with van der Waals surface area (Å²) in [4.78, 5) is 0. The maximum absolute atomic E-state index is 9.54. The van der Waals surface area contributed by atoms with E-state index in [1.165, 1.54) is 0 Å². The Bertz CT molecular complexity index is 206. The molecule has 4 heteroatoms. The monoisotopic (exact) mass is 258 g/mol. The molecule has 1 aliphatic rings. The second-order valence-electron chi connectivity index (χ2n) is 5.61. The molecule has 1 saturated heterocycles. The van der Waals surface area contributed by atoms with Crippen LogP contribution in [0.1, 0.15) is 40.0 Å². The maximum Gasteiger partial charge on any atom is 0.0620 e. The fraction of sp³-hybridized carbons (Fsp3) is 1.00. The molecule has 18 heavy (non-hydrogen) atoms. The molecule has 0 aliphatic carbocycles. The second-order valence-corrected chi connectivity index (χ2v) is 5.61. The Labute approximate surface area is 111 Å². The van der Waals surface area contributed by atoms with Crippen LogP contribution in [0.3, 0.4) is 0 Å². The number of hydrogen-bond donors (Lipinski definition) is 3. The van der Waals surface area contributed by atoms with Crippen LogP contribution in [0.4, 0.5) is 0 Å². The fourth-order valence-corrected chi connectivity index (χ4v) is 2.45. The summed E-state index contributed by atoms with van der Waals surface area (Å²) in [6, 6.07) is 0.918. The summed E-state index contributed by atoms with van der Waals surface area (Å²) in [5, 5.41) is 16.6. The van der Waals surface area contributed by atoms with Gasteiger partial charge in [-0.15, -0.1) is 0 Å². The lowest BCUT2D eigenvalue weighted by Gasteiger charge is -2.32. The number of rotatable bonds is 8. The number of hydrogen-bond acceptors (Lipinski definition) is 4. The highest BCUT2D eigenvalue weighted by Gasteiger charge is 2.26. The van der Waals surface area contributed by atoms with Crippen molar-refractivity contribution < 1.29 is 9.84 Å². The van der Waals surface area contributed by atoms with Gasteiger partial charge in [0.15, 0.2) is 0 Å². The Hall–Kier alpha value is -0.160. The number of ether oxygens (including phenoxy) is 1. The molecule has 0 aromatic rings. The van der Waals surface area contributed by atoms with Crippen molar-refractivity contribution in [1.29, 1.82) is 0 Å². The second kappa shape index (κ2) is 8.10. The average Bonchev–Trinajstić information content (AvgIpc) is 2.42. The van der Waals surface area contributed by atoms with Gasteiger partial charge in [-0.2, -0.15) is 0 Å². The van der Waals surface area contributed by atoms with Gasteiger partial charge in [-0.3, -0.25) is 0 Å². The topological polar surface area (TPSA) is 53.5 Å². The fourth-order valence-electron chi connectivity index (χ4n) is 2.45. The van der Waals surface area contributed by atoms with E-state index in [9.17, 15) is 5.11 Å². The smallest absolute Gasteiger partial charge is 0.0620 e. The van der Waals surface area contributed by atoms with Crippen molar-refractivity contribution in [2.45, 2.75) is 52.1 Å². The Balaban J connectivity index is 2.28. The Morgan fingerprint density at radius 2 is 2.17 bits per heavy atom. The van der Waals surface area contributed by atoms with Crippen molar-refractivity contribution in [2.24, 2.45) is 5.41 Å². The van der Waals surface area contributed by atoms with Crippen LogP contribution in [0.2, 0.25) is 0 Å². The molecule has 0 bridgehead atoms. The Morgan fingerprint density at radius 3 is 2.67 bits per heavy atom. The van der Waals surface area contributed by atoms with Gasteiger partial charge in [0.25, 0.3) is 0 Å². The molecule has 0 amide bonds. The number of aliphatic hydroxyl groups is 1. The zero-order valence-electron chi connectivity index (χ0n) is 12.2. The SMILES string of the molecule is CCC(CC)(CO)CNC(C)CC1COCCN1. The van der Waals surface area contributed by atoms with E-state index in [0.29, 0.717) is 12.1 Å². The van der Waals surface area contributed by atoms with Crippen LogP contribution < -0.4 is 10.6 Å². The molecule has 1 rings (SSSR count). The minimum absolute atomic E-state index is 0.0464. The molecule has 1 aliphatic heterocycles. The van der Waals surface area contributed by atoms with Gasteiger partial charge in [0.1, 0.15) is 0 Å². The third-order valence-electron chi connectivity index (χ3n) is 4.30. The van der Waals surface area contributed by atoms with Crippen molar-refractivity contribution >= 4 is 0 Å². The van der Waals surface area contributed by atoms with Gasteiger partial charge in [-0.05, 0) is 26.2 Å². The molecule has 4 nitrogen and oxygen atoms in total. The summed E-state index contributed by atoms with van der Waals surface area (Å²) in [5.74, 6) is 0. The summed E-state index contributed by atoms with van der Waals surface area (Å²) in [7, 11) is 0. The molecule has 0 radical (unpaired) electrons. The zero-order chi connectivity index (χ0) is 13.4. The third kappa shape index (κ3) is 4.84. The van der Waals surface area contributed by atoms with Crippen LogP contribution in [0, 0.1) is 5.41 Å². The first kappa shape index (κ1) is 15.9. The summed E-state index contributed by atoms with van der Waals surface area (Å²) in [6.07, 6.45) is 3.12. The van der Waals surface area contributed by atoms with Crippen molar-refractivity contribution in [2.75, 3.05) is 32.9 Å². The van der Waals surface area contributed by atoms with Gasteiger partial charge < -0.3 is 20.5 Å². The van der Waals surface area contributed by atoms with Gasteiger partial charge in [0, 0.05) is 37.2 Å². The predicted molar refractivity (Wildman–Crippen MR) is 74.8 cm³/mol. The molecular weight excluding hydrogens is 228 g/mol. The molecule has 2 unspecified atom stereocenters. The van der Waals surface area contributed by atoms with Gasteiger partial charge in [-0.1, -0.05) is 13.8 Å². The maximum atomic E-state index is 9.54. The normalized spacial score (nSPS) is 23.0. The highest BCUT2D eigenvalue weighted by molar-refractivity contribution is 4.82. The van der Waals surface area contributed by atoms with Crippen molar-refractivity contribution in [3.63, 3.8) is 0 Å². The molecule has 0 aromatic carbocycles. The number of nitrogens with one attached hydrogen (secondary N) is 2. The zero-order valence-corrected chi connectivity index (χ0v) is 12.2. The number of morpholine rings is 1. The first-order chi connectivity index (χ1) is 8.65. The summed E-state index contributed by atoms with van der Waals surface area (Å²) in [6.45, 7) is 10.3.